The SMILES string of the molecule is NC(=NCC1CC(=O)N(C2CC2)C1)Nc1ccc2c(c1)CCC2. The number of likely N-dealkylation sites (tertiary alicyclic amines) is 1. The summed E-state index contributed by atoms with van der Waals surface area (Å²) in [5.41, 5.74) is 9.89. The number of nitrogens with zero attached hydrogens (tertiary/aromatic N) is 2. The molecule has 1 heterocycles. The summed E-state index contributed by atoms with van der Waals surface area (Å²) >= 11 is 0. The van der Waals surface area contributed by atoms with Gasteiger partial charge in [0.1, 0.15) is 0 Å². The van der Waals surface area contributed by atoms with E-state index in [1.54, 1.807) is 0 Å². The molecule has 1 atom stereocenters. The molecule has 23 heavy (non-hydrogen) atoms. The van der Waals surface area contributed by atoms with E-state index in [4.69, 9.17) is 5.73 Å². The minimum atomic E-state index is 0.290. The number of amides is 1. The van der Waals surface area contributed by atoms with Crippen LogP contribution >= 0.6 is 0 Å². The van der Waals surface area contributed by atoms with Crippen molar-refractivity contribution in [2.24, 2.45) is 16.6 Å². The zero-order chi connectivity index (χ0) is 15.8. The Morgan fingerprint density at radius 1 is 1.30 bits per heavy atom. The summed E-state index contributed by atoms with van der Waals surface area (Å²) in [6.07, 6.45) is 6.55. The van der Waals surface area contributed by atoms with Gasteiger partial charge >= 0.3 is 0 Å². The molecule has 122 valence electrons. The molecule has 1 aliphatic heterocycles. The van der Waals surface area contributed by atoms with Crippen LogP contribution < -0.4 is 11.1 Å². The van der Waals surface area contributed by atoms with Gasteiger partial charge in [0.15, 0.2) is 5.96 Å². The molecule has 0 aromatic heterocycles. The van der Waals surface area contributed by atoms with Crippen molar-refractivity contribution < 1.29 is 4.79 Å². The fourth-order valence-corrected chi connectivity index (χ4v) is 3.73. The third kappa shape index (κ3) is 3.19. The quantitative estimate of drug-likeness (QED) is 0.659. The Bertz CT molecular complexity index is 650. The molecule has 5 nitrogen and oxygen atoms in total. The highest BCUT2D eigenvalue weighted by atomic mass is 16.2. The number of rotatable bonds is 4. The standard InChI is InChI=1S/C18H24N4O/c19-18(21-15-5-4-13-2-1-3-14(13)9-15)20-10-12-8-17(23)22(11-12)16-6-7-16/h4-5,9,12,16H,1-3,6-8,10-11H2,(H3,19,20,21). The predicted octanol–water partition coefficient (Wildman–Crippen LogP) is 1.91. The number of hydrogen-bond acceptors (Lipinski definition) is 2. The second-order valence-corrected chi connectivity index (χ2v) is 7.04. The summed E-state index contributed by atoms with van der Waals surface area (Å²) < 4.78 is 0. The number of nitrogens with one attached hydrogen (secondary N) is 1. The molecule has 0 bridgehead atoms. The van der Waals surface area contributed by atoms with Crippen molar-refractivity contribution in [2.45, 2.75) is 44.6 Å². The van der Waals surface area contributed by atoms with Gasteiger partial charge in [0.25, 0.3) is 0 Å². The first-order valence-electron chi connectivity index (χ1n) is 8.67. The fourth-order valence-electron chi connectivity index (χ4n) is 3.73. The number of fused-ring (bicyclic) bond motifs is 1. The monoisotopic (exact) mass is 312 g/mol. The normalized spacial score (nSPS) is 24.2. The lowest BCUT2D eigenvalue weighted by molar-refractivity contribution is -0.128. The topological polar surface area (TPSA) is 70.7 Å². The first kappa shape index (κ1) is 14.5. The van der Waals surface area contributed by atoms with Gasteiger partial charge in [-0.1, -0.05) is 6.07 Å². The second kappa shape index (κ2) is 5.87. The number of benzene rings is 1. The zero-order valence-electron chi connectivity index (χ0n) is 13.4. The van der Waals surface area contributed by atoms with Crippen molar-refractivity contribution in [1.82, 2.24) is 4.90 Å². The van der Waals surface area contributed by atoms with Gasteiger partial charge in [-0.05, 0) is 55.4 Å². The summed E-state index contributed by atoms with van der Waals surface area (Å²) in [4.78, 5) is 18.4. The molecule has 5 heteroatoms. The number of guanidine groups is 1. The summed E-state index contributed by atoms with van der Waals surface area (Å²) in [7, 11) is 0. The van der Waals surface area contributed by atoms with Crippen LogP contribution in [0.4, 0.5) is 5.69 Å². The van der Waals surface area contributed by atoms with Crippen LogP contribution in [0.2, 0.25) is 0 Å². The van der Waals surface area contributed by atoms with Crippen LogP contribution in [0.5, 0.6) is 0 Å². The van der Waals surface area contributed by atoms with E-state index in [0.29, 0.717) is 30.9 Å². The van der Waals surface area contributed by atoms with Gasteiger partial charge in [0.05, 0.1) is 0 Å². The van der Waals surface area contributed by atoms with Gasteiger partial charge in [0, 0.05) is 37.2 Å². The molecule has 1 unspecified atom stereocenters. The van der Waals surface area contributed by atoms with Crippen LogP contribution in [-0.2, 0) is 17.6 Å². The number of carbonyl (C=O) groups is 1. The lowest BCUT2D eigenvalue weighted by atomic mass is 10.1. The Morgan fingerprint density at radius 2 is 2.13 bits per heavy atom. The molecule has 3 aliphatic rings. The Labute approximate surface area is 136 Å². The van der Waals surface area contributed by atoms with E-state index in [9.17, 15) is 4.79 Å². The van der Waals surface area contributed by atoms with Crippen molar-refractivity contribution in [3.63, 3.8) is 0 Å². The summed E-state index contributed by atoms with van der Waals surface area (Å²) in [5, 5.41) is 3.18. The number of nitrogens with two attached hydrogens (primary N) is 1. The third-order valence-electron chi connectivity index (χ3n) is 5.12. The smallest absolute Gasteiger partial charge is 0.223 e. The van der Waals surface area contributed by atoms with Gasteiger partial charge < -0.3 is 16.0 Å². The Morgan fingerprint density at radius 3 is 2.96 bits per heavy atom. The van der Waals surface area contributed by atoms with E-state index in [0.717, 1.165) is 18.7 Å². The Balaban J connectivity index is 1.33. The first-order chi connectivity index (χ1) is 11.2. The molecule has 1 aromatic rings. The largest absolute Gasteiger partial charge is 0.370 e. The van der Waals surface area contributed by atoms with Crippen LogP contribution in [0.25, 0.3) is 0 Å². The highest BCUT2D eigenvalue weighted by Gasteiger charge is 2.39. The molecule has 0 radical (unpaired) electrons. The molecule has 1 saturated carbocycles. The third-order valence-corrected chi connectivity index (χ3v) is 5.12. The lowest BCUT2D eigenvalue weighted by Gasteiger charge is -2.14. The van der Waals surface area contributed by atoms with Crippen molar-refractivity contribution in [3.05, 3.63) is 29.3 Å². The maximum atomic E-state index is 11.9. The average molecular weight is 312 g/mol. The van der Waals surface area contributed by atoms with Crippen LogP contribution in [0.1, 0.15) is 36.8 Å². The number of anilines is 1. The first-order valence-corrected chi connectivity index (χ1v) is 8.67. The minimum absolute atomic E-state index is 0.290. The van der Waals surface area contributed by atoms with Crippen LogP contribution in [0.3, 0.4) is 0 Å². The van der Waals surface area contributed by atoms with Gasteiger partial charge in [-0.2, -0.15) is 0 Å². The van der Waals surface area contributed by atoms with Crippen molar-refractivity contribution in [3.8, 4) is 0 Å². The average Bonchev–Trinajstić information content (AvgIpc) is 3.15. The lowest BCUT2D eigenvalue weighted by Crippen LogP contribution is -2.28. The Hall–Kier alpha value is -2.04. The van der Waals surface area contributed by atoms with Gasteiger partial charge in [-0.3, -0.25) is 9.79 Å². The highest BCUT2D eigenvalue weighted by Crippen LogP contribution is 2.32. The van der Waals surface area contributed by atoms with Gasteiger partial charge in [-0.25, -0.2) is 0 Å². The van der Waals surface area contributed by atoms with E-state index in [1.807, 2.05) is 4.90 Å². The molecule has 1 amide bonds. The molecular weight excluding hydrogens is 288 g/mol. The van der Waals surface area contributed by atoms with E-state index in [-0.39, 0.29) is 5.91 Å². The van der Waals surface area contributed by atoms with Gasteiger partial charge in [0.2, 0.25) is 5.91 Å². The molecule has 3 N–H and O–H groups in total. The molecule has 2 fully saturated rings. The number of carbonyl (C=O) groups excluding carboxylic acids is 1. The molecule has 1 saturated heterocycles. The van der Waals surface area contributed by atoms with Crippen molar-refractivity contribution >= 4 is 17.6 Å². The number of aryl methyl sites for hydroxylation is 2. The van der Waals surface area contributed by atoms with Gasteiger partial charge in [-0.15, -0.1) is 0 Å². The molecule has 1 aromatic carbocycles. The van der Waals surface area contributed by atoms with E-state index in [1.165, 1.54) is 36.8 Å². The summed E-state index contributed by atoms with van der Waals surface area (Å²) in [6.45, 7) is 1.47. The molecular formula is C18H24N4O. The van der Waals surface area contributed by atoms with Crippen molar-refractivity contribution in [2.75, 3.05) is 18.4 Å². The Kier molecular flexibility index (Phi) is 3.71. The highest BCUT2D eigenvalue weighted by molar-refractivity contribution is 5.92. The maximum absolute atomic E-state index is 11.9. The molecule has 4 rings (SSSR count). The second-order valence-electron chi connectivity index (χ2n) is 7.04. The zero-order valence-corrected chi connectivity index (χ0v) is 13.4. The van der Waals surface area contributed by atoms with Crippen LogP contribution in [0.15, 0.2) is 23.2 Å². The predicted molar refractivity (Wildman–Crippen MR) is 91.4 cm³/mol. The number of hydrogen-bond donors (Lipinski definition) is 2. The van der Waals surface area contributed by atoms with E-state index >= 15 is 0 Å². The van der Waals surface area contributed by atoms with Crippen molar-refractivity contribution in [1.29, 1.82) is 0 Å². The maximum Gasteiger partial charge on any atom is 0.223 e. The minimum Gasteiger partial charge on any atom is -0.370 e. The summed E-state index contributed by atoms with van der Waals surface area (Å²) in [6, 6.07) is 6.94. The number of aliphatic imine (C=N–C) groups is 1. The van der Waals surface area contributed by atoms with E-state index in [2.05, 4.69) is 28.5 Å². The molecule has 2 aliphatic carbocycles. The molecule has 0 spiro atoms. The summed E-state index contributed by atoms with van der Waals surface area (Å²) in [5.74, 6) is 1.04. The van der Waals surface area contributed by atoms with Crippen LogP contribution in [-0.4, -0.2) is 35.9 Å². The fraction of sp³-hybridized carbons (Fsp3) is 0.556. The van der Waals surface area contributed by atoms with E-state index < -0.39 is 0 Å². The van der Waals surface area contributed by atoms with Crippen LogP contribution in [0, 0.1) is 5.92 Å².